The molecule has 1 N–H and O–H groups in total. The zero-order valence-electron chi connectivity index (χ0n) is 7.11. The Labute approximate surface area is 92.7 Å². The topological polar surface area (TPSA) is 59.2 Å². The van der Waals surface area contributed by atoms with E-state index in [1.165, 1.54) is 0 Å². The number of aliphatic hydroxyl groups excluding tert-OH is 1. The summed E-state index contributed by atoms with van der Waals surface area (Å²) in [7, 11) is 0. The number of halogens is 1. The number of thiophene rings is 1. The highest BCUT2D eigenvalue weighted by atomic mass is 79.9. The van der Waals surface area contributed by atoms with Crippen molar-refractivity contribution in [1.82, 2.24) is 10.1 Å². The largest absolute Gasteiger partial charge is 0.396 e. The molecule has 2 rings (SSSR count). The van der Waals surface area contributed by atoms with E-state index in [-0.39, 0.29) is 6.61 Å². The smallest absolute Gasteiger partial charge is 0.229 e. The van der Waals surface area contributed by atoms with Gasteiger partial charge in [0.1, 0.15) is 0 Å². The first kappa shape index (κ1) is 9.82. The molecule has 6 heteroatoms. The Morgan fingerprint density at radius 1 is 1.50 bits per heavy atom. The van der Waals surface area contributed by atoms with E-state index in [0.29, 0.717) is 18.1 Å². The highest BCUT2D eigenvalue weighted by Gasteiger charge is 2.09. The predicted molar refractivity (Wildman–Crippen MR) is 56.1 cm³/mol. The Bertz CT molecular complexity index is 426. The van der Waals surface area contributed by atoms with Crippen LogP contribution in [-0.2, 0) is 6.42 Å². The first-order valence-corrected chi connectivity index (χ1v) is 5.59. The van der Waals surface area contributed by atoms with Crippen LogP contribution in [0.3, 0.4) is 0 Å². The fourth-order valence-corrected chi connectivity index (χ4v) is 2.30. The van der Waals surface area contributed by atoms with Crippen molar-refractivity contribution in [3.05, 3.63) is 21.8 Å². The maximum atomic E-state index is 8.67. The van der Waals surface area contributed by atoms with Crippen LogP contribution in [-0.4, -0.2) is 21.9 Å². The van der Waals surface area contributed by atoms with Crippen molar-refractivity contribution < 1.29 is 9.63 Å². The molecular weight excluding hydrogens is 268 g/mol. The zero-order valence-corrected chi connectivity index (χ0v) is 9.51. The van der Waals surface area contributed by atoms with Gasteiger partial charge in [0.2, 0.25) is 11.7 Å². The molecule has 0 aromatic carbocycles. The molecule has 0 saturated heterocycles. The molecule has 74 valence electrons. The lowest BCUT2D eigenvalue weighted by Crippen LogP contribution is -1.89. The monoisotopic (exact) mass is 274 g/mol. The number of rotatable bonds is 3. The first-order valence-electron chi connectivity index (χ1n) is 3.99. The quantitative estimate of drug-likeness (QED) is 0.931. The second-order valence-corrected chi connectivity index (χ2v) is 5.05. The highest BCUT2D eigenvalue weighted by Crippen LogP contribution is 2.29. The number of hydrogen-bond donors (Lipinski definition) is 1. The van der Waals surface area contributed by atoms with E-state index in [1.807, 2.05) is 12.1 Å². The van der Waals surface area contributed by atoms with Crippen molar-refractivity contribution in [2.75, 3.05) is 6.61 Å². The molecule has 0 radical (unpaired) electrons. The van der Waals surface area contributed by atoms with Crippen LogP contribution in [0, 0.1) is 0 Å². The lowest BCUT2D eigenvalue weighted by Gasteiger charge is -1.84. The average Bonchev–Trinajstić information content (AvgIpc) is 2.74. The van der Waals surface area contributed by atoms with Crippen molar-refractivity contribution in [2.45, 2.75) is 6.42 Å². The van der Waals surface area contributed by atoms with Gasteiger partial charge in [-0.3, -0.25) is 0 Å². The summed E-state index contributed by atoms with van der Waals surface area (Å²) in [6.07, 6.45) is 0.402. The van der Waals surface area contributed by atoms with Crippen LogP contribution in [0.2, 0.25) is 0 Å². The molecule has 0 fully saturated rings. The Morgan fingerprint density at radius 2 is 2.36 bits per heavy atom. The van der Waals surface area contributed by atoms with Gasteiger partial charge < -0.3 is 9.63 Å². The third-order valence-corrected chi connectivity index (χ3v) is 3.21. The van der Waals surface area contributed by atoms with Crippen LogP contribution in [0.25, 0.3) is 10.7 Å². The van der Waals surface area contributed by atoms with Gasteiger partial charge in [0.25, 0.3) is 0 Å². The maximum absolute atomic E-state index is 8.67. The summed E-state index contributed by atoms with van der Waals surface area (Å²) in [5.41, 5.74) is 0. The van der Waals surface area contributed by atoms with Crippen molar-refractivity contribution in [1.29, 1.82) is 0 Å². The molecular formula is C8H7BrN2O2S. The van der Waals surface area contributed by atoms with Crippen LogP contribution in [0.15, 0.2) is 20.4 Å². The lowest BCUT2D eigenvalue weighted by atomic mass is 10.4. The molecule has 0 atom stereocenters. The summed E-state index contributed by atoms with van der Waals surface area (Å²) >= 11 is 4.90. The van der Waals surface area contributed by atoms with E-state index in [2.05, 4.69) is 26.1 Å². The summed E-state index contributed by atoms with van der Waals surface area (Å²) in [4.78, 5) is 5.08. The van der Waals surface area contributed by atoms with E-state index < -0.39 is 0 Å². The fourth-order valence-electron chi connectivity index (χ4n) is 0.987. The minimum Gasteiger partial charge on any atom is -0.396 e. The van der Waals surface area contributed by atoms with Crippen LogP contribution >= 0.6 is 27.3 Å². The van der Waals surface area contributed by atoms with Gasteiger partial charge in [0.05, 0.1) is 21.7 Å². The molecule has 0 amide bonds. The van der Waals surface area contributed by atoms with E-state index >= 15 is 0 Å². The Kier molecular flexibility index (Phi) is 2.95. The number of hydrogen-bond acceptors (Lipinski definition) is 5. The summed E-state index contributed by atoms with van der Waals surface area (Å²) < 4.78 is 5.97. The maximum Gasteiger partial charge on any atom is 0.229 e. The lowest BCUT2D eigenvalue weighted by molar-refractivity contribution is 0.274. The standard InChI is InChI=1S/C8H7BrN2O2S/c9-6-2-1-5(14-6)8-10-7(3-4-12)13-11-8/h1-2,12H,3-4H2. The van der Waals surface area contributed by atoms with Crippen molar-refractivity contribution in [2.24, 2.45) is 0 Å². The van der Waals surface area contributed by atoms with Crippen molar-refractivity contribution in [3.63, 3.8) is 0 Å². The third kappa shape index (κ3) is 2.02. The van der Waals surface area contributed by atoms with Crippen LogP contribution in [0.4, 0.5) is 0 Å². The van der Waals surface area contributed by atoms with Gasteiger partial charge in [-0.1, -0.05) is 5.16 Å². The first-order chi connectivity index (χ1) is 6.79. The van der Waals surface area contributed by atoms with E-state index in [0.717, 1.165) is 8.66 Å². The van der Waals surface area contributed by atoms with E-state index in [4.69, 9.17) is 9.63 Å². The molecule has 0 aliphatic rings. The summed E-state index contributed by atoms with van der Waals surface area (Å²) in [5, 5.41) is 12.5. The fraction of sp³-hybridized carbons (Fsp3) is 0.250. The van der Waals surface area contributed by atoms with Crippen LogP contribution < -0.4 is 0 Å². The highest BCUT2D eigenvalue weighted by molar-refractivity contribution is 9.11. The second kappa shape index (κ2) is 4.20. The van der Waals surface area contributed by atoms with Gasteiger partial charge in [-0.05, 0) is 28.1 Å². The van der Waals surface area contributed by atoms with Gasteiger partial charge in [-0.2, -0.15) is 4.98 Å². The SMILES string of the molecule is OCCc1nc(-c2ccc(Br)s2)no1. The molecule has 2 heterocycles. The summed E-state index contributed by atoms with van der Waals surface area (Å²) in [6, 6.07) is 3.85. The van der Waals surface area contributed by atoms with Crippen LogP contribution in [0.5, 0.6) is 0 Å². The number of aromatic nitrogens is 2. The van der Waals surface area contributed by atoms with Crippen molar-refractivity contribution in [3.8, 4) is 10.7 Å². The van der Waals surface area contributed by atoms with Crippen LogP contribution in [0.1, 0.15) is 5.89 Å². The Hall–Kier alpha value is -0.720. The normalized spacial score (nSPS) is 10.7. The Balaban J connectivity index is 2.24. The molecule has 0 spiro atoms. The molecule has 0 bridgehead atoms. The third-order valence-electron chi connectivity index (χ3n) is 1.59. The zero-order chi connectivity index (χ0) is 9.97. The van der Waals surface area contributed by atoms with Gasteiger partial charge in [-0.25, -0.2) is 0 Å². The van der Waals surface area contributed by atoms with Gasteiger partial charge in [-0.15, -0.1) is 11.3 Å². The number of aliphatic hydroxyl groups is 1. The Morgan fingerprint density at radius 3 is 3.00 bits per heavy atom. The van der Waals surface area contributed by atoms with Crippen molar-refractivity contribution >= 4 is 27.3 Å². The molecule has 2 aromatic rings. The molecule has 2 aromatic heterocycles. The second-order valence-electron chi connectivity index (χ2n) is 2.59. The average molecular weight is 275 g/mol. The molecule has 14 heavy (non-hydrogen) atoms. The van der Waals surface area contributed by atoms with Gasteiger partial charge in [0, 0.05) is 0 Å². The number of nitrogens with zero attached hydrogens (tertiary/aromatic N) is 2. The minimum absolute atomic E-state index is 0.0236. The summed E-state index contributed by atoms with van der Waals surface area (Å²) in [5.74, 6) is 1.04. The van der Waals surface area contributed by atoms with E-state index in [1.54, 1.807) is 11.3 Å². The molecule has 0 aliphatic carbocycles. The van der Waals surface area contributed by atoms with E-state index in [9.17, 15) is 0 Å². The molecule has 4 nitrogen and oxygen atoms in total. The summed E-state index contributed by atoms with van der Waals surface area (Å²) in [6.45, 7) is 0.0236. The minimum atomic E-state index is 0.0236. The molecule has 0 unspecified atom stereocenters. The van der Waals surface area contributed by atoms with Gasteiger partial charge >= 0.3 is 0 Å². The predicted octanol–water partition coefficient (Wildman–Crippen LogP) is 2.10. The molecule has 0 saturated carbocycles. The van der Waals surface area contributed by atoms with Gasteiger partial charge in [0.15, 0.2) is 0 Å². The molecule has 0 aliphatic heterocycles.